The van der Waals surface area contributed by atoms with E-state index in [1.807, 2.05) is 7.05 Å². The Labute approximate surface area is 94.7 Å². The second-order valence-corrected chi connectivity index (χ2v) is 4.40. The Bertz CT molecular complexity index is 413. The van der Waals surface area contributed by atoms with Crippen molar-refractivity contribution in [2.75, 3.05) is 24.2 Å². The zero-order valence-corrected chi connectivity index (χ0v) is 9.31. The molecule has 0 aromatic heterocycles. The molecule has 86 valence electrons. The molecule has 1 aromatic carbocycles. The number of aromatic carboxylic acids is 1. The number of anilines is 2. The first-order valence-electron chi connectivity index (χ1n) is 5.42. The number of carboxylic acid groups (broad SMARTS) is 1. The second-order valence-electron chi connectivity index (χ2n) is 4.40. The van der Waals surface area contributed by atoms with Crippen LogP contribution in [-0.2, 0) is 0 Å². The van der Waals surface area contributed by atoms with Crippen molar-refractivity contribution in [1.82, 2.24) is 0 Å². The smallest absolute Gasteiger partial charge is 0.335 e. The lowest BCUT2D eigenvalue weighted by atomic mass is 10.1. The number of rotatable bonds is 4. The van der Waals surface area contributed by atoms with Crippen LogP contribution in [0.1, 0.15) is 23.2 Å². The number of hydrogen-bond acceptors (Lipinski definition) is 3. The van der Waals surface area contributed by atoms with Gasteiger partial charge in [0.1, 0.15) is 0 Å². The molecule has 0 bridgehead atoms. The zero-order valence-electron chi connectivity index (χ0n) is 9.31. The summed E-state index contributed by atoms with van der Waals surface area (Å²) in [5.41, 5.74) is 7.53. The average Bonchev–Trinajstić information content (AvgIpc) is 3.01. The Balaban J connectivity index is 2.17. The molecule has 0 aliphatic heterocycles. The van der Waals surface area contributed by atoms with Gasteiger partial charge in [-0.25, -0.2) is 4.79 Å². The minimum absolute atomic E-state index is 0.237. The van der Waals surface area contributed by atoms with E-state index in [1.54, 1.807) is 12.1 Å². The molecule has 0 unspecified atom stereocenters. The highest BCUT2D eigenvalue weighted by atomic mass is 16.4. The van der Waals surface area contributed by atoms with Crippen LogP contribution in [0.15, 0.2) is 18.2 Å². The van der Waals surface area contributed by atoms with Crippen molar-refractivity contribution < 1.29 is 9.90 Å². The van der Waals surface area contributed by atoms with E-state index in [0.29, 0.717) is 5.69 Å². The van der Waals surface area contributed by atoms with E-state index < -0.39 is 5.97 Å². The van der Waals surface area contributed by atoms with Crippen molar-refractivity contribution in [3.05, 3.63) is 23.8 Å². The Hall–Kier alpha value is -1.71. The van der Waals surface area contributed by atoms with Crippen LogP contribution in [0.25, 0.3) is 0 Å². The molecular weight excluding hydrogens is 204 g/mol. The van der Waals surface area contributed by atoms with Gasteiger partial charge in [0.25, 0.3) is 0 Å². The topological polar surface area (TPSA) is 66.6 Å². The third kappa shape index (κ3) is 2.27. The summed E-state index contributed by atoms with van der Waals surface area (Å²) < 4.78 is 0. The number of nitrogen functional groups attached to an aromatic ring is 1. The van der Waals surface area contributed by atoms with E-state index in [-0.39, 0.29) is 5.56 Å². The summed E-state index contributed by atoms with van der Waals surface area (Å²) in [7, 11) is 1.99. The Kier molecular flexibility index (Phi) is 2.73. The first-order valence-corrected chi connectivity index (χ1v) is 5.42. The summed E-state index contributed by atoms with van der Waals surface area (Å²) in [6.45, 7) is 0.997. The monoisotopic (exact) mass is 220 g/mol. The molecule has 0 radical (unpaired) electrons. The third-order valence-corrected chi connectivity index (χ3v) is 2.91. The second kappa shape index (κ2) is 4.04. The fraction of sp³-hybridized carbons (Fsp3) is 0.417. The maximum absolute atomic E-state index is 10.8. The summed E-state index contributed by atoms with van der Waals surface area (Å²) in [6.07, 6.45) is 2.58. The van der Waals surface area contributed by atoms with Crippen LogP contribution in [-0.4, -0.2) is 24.7 Å². The minimum atomic E-state index is -0.942. The lowest BCUT2D eigenvalue weighted by molar-refractivity contribution is 0.0697. The molecule has 1 aliphatic carbocycles. The van der Waals surface area contributed by atoms with Gasteiger partial charge >= 0.3 is 5.97 Å². The number of carbonyl (C=O) groups is 1. The Morgan fingerprint density at radius 1 is 1.56 bits per heavy atom. The zero-order chi connectivity index (χ0) is 11.7. The van der Waals surface area contributed by atoms with Gasteiger partial charge in [-0.3, -0.25) is 0 Å². The lowest BCUT2D eigenvalue weighted by Gasteiger charge is -2.21. The van der Waals surface area contributed by atoms with Gasteiger partial charge in [-0.15, -0.1) is 0 Å². The van der Waals surface area contributed by atoms with Gasteiger partial charge in [0.15, 0.2) is 0 Å². The minimum Gasteiger partial charge on any atom is -0.478 e. The quantitative estimate of drug-likeness (QED) is 0.759. The van der Waals surface area contributed by atoms with Crippen molar-refractivity contribution in [1.29, 1.82) is 0 Å². The molecule has 0 amide bonds. The maximum atomic E-state index is 10.8. The first-order chi connectivity index (χ1) is 7.58. The average molecular weight is 220 g/mol. The molecule has 1 saturated carbocycles. The first kappa shape index (κ1) is 10.8. The summed E-state index contributed by atoms with van der Waals surface area (Å²) in [6, 6.07) is 4.89. The van der Waals surface area contributed by atoms with Crippen molar-refractivity contribution in [3.8, 4) is 0 Å². The molecule has 4 nitrogen and oxygen atoms in total. The highest BCUT2D eigenvalue weighted by Crippen LogP contribution is 2.32. The van der Waals surface area contributed by atoms with Crippen LogP contribution in [0.4, 0.5) is 11.4 Å². The molecule has 0 atom stereocenters. The van der Waals surface area contributed by atoms with E-state index in [0.717, 1.165) is 18.2 Å². The molecule has 0 saturated heterocycles. The molecule has 2 rings (SSSR count). The highest BCUT2D eigenvalue weighted by Gasteiger charge is 2.23. The number of benzene rings is 1. The van der Waals surface area contributed by atoms with E-state index in [4.69, 9.17) is 10.8 Å². The summed E-state index contributed by atoms with van der Waals surface area (Å²) in [4.78, 5) is 12.8. The van der Waals surface area contributed by atoms with Crippen LogP contribution in [0, 0.1) is 5.92 Å². The van der Waals surface area contributed by atoms with Gasteiger partial charge in [-0.2, -0.15) is 0 Å². The van der Waals surface area contributed by atoms with E-state index in [1.165, 1.54) is 18.9 Å². The fourth-order valence-corrected chi connectivity index (χ4v) is 1.82. The van der Waals surface area contributed by atoms with Crippen molar-refractivity contribution in [2.24, 2.45) is 5.92 Å². The molecule has 16 heavy (non-hydrogen) atoms. The molecule has 3 N–H and O–H groups in total. The summed E-state index contributed by atoms with van der Waals surface area (Å²) in [5.74, 6) is -0.161. The molecule has 1 aromatic rings. The van der Waals surface area contributed by atoms with Crippen molar-refractivity contribution in [2.45, 2.75) is 12.8 Å². The molecule has 1 fully saturated rings. The van der Waals surface area contributed by atoms with Gasteiger partial charge < -0.3 is 15.7 Å². The largest absolute Gasteiger partial charge is 0.478 e. The fourth-order valence-electron chi connectivity index (χ4n) is 1.82. The van der Waals surface area contributed by atoms with E-state index in [2.05, 4.69) is 4.90 Å². The molecule has 1 aliphatic rings. The van der Waals surface area contributed by atoms with Crippen molar-refractivity contribution >= 4 is 17.3 Å². The molecular formula is C12H16N2O2. The van der Waals surface area contributed by atoms with Crippen LogP contribution >= 0.6 is 0 Å². The number of nitrogens with zero attached hydrogens (tertiary/aromatic N) is 1. The predicted molar refractivity (Wildman–Crippen MR) is 63.8 cm³/mol. The van der Waals surface area contributed by atoms with E-state index in [9.17, 15) is 4.79 Å². The van der Waals surface area contributed by atoms with Gasteiger partial charge in [-0.05, 0) is 37.0 Å². The van der Waals surface area contributed by atoms with E-state index >= 15 is 0 Å². The highest BCUT2D eigenvalue weighted by molar-refractivity contribution is 5.90. The maximum Gasteiger partial charge on any atom is 0.335 e. The lowest BCUT2D eigenvalue weighted by Crippen LogP contribution is -2.21. The van der Waals surface area contributed by atoms with Crippen LogP contribution in [0.3, 0.4) is 0 Å². The van der Waals surface area contributed by atoms with Gasteiger partial charge in [0.05, 0.1) is 16.9 Å². The van der Waals surface area contributed by atoms with Crippen molar-refractivity contribution in [3.63, 3.8) is 0 Å². The molecule has 0 heterocycles. The van der Waals surface area contributed by atoms with Crippen LogP contribution in [0.5, 0.6) is 0 Å². The number of carboxylic acids is 1. The van der Waals surface area contributed by atoms with Crippen LogP contribution in [0.2, 0.25) is 0 Å². The number of hydrogen-bond donors (Lipinski definition) is 2. The van der Waals surface area contributed by atoms with Gasteiger partial charge in [-0.1, -0.05) is 0 Å². The SMILES string of the molecule is CN(CC1CC1)c1ccc(C(=O)O)cc1N. The third-order valence-electron chi connectivity index (χ3n) is 2.91. The Morgan fingerprint density at radius 2 is 2.25 bits per heavy atom. The van der Waals surface area contributed by atoms with Gasteiger partial charge in [0.2, 0.25) is 0 Å². The standard InChI is InChI=1S/C12H16N2O2/c1-14(7-8-2-3-8)11-5-4-9(12(15)16)6-10(11)13/h4-6,8H,2-3,7,13H2,1H3,(H,15,16). The van der Waals surface area contributed by atoms with Gasteiger partial charge in [0, 0.05) is 13.6 Å². The predicted octanol–water partition coefficient (Wildman–Crippen LogP) is 1.81. The normalized spacial score (nSPS) is 14.8. The Morgan fingerprint density at radius 3 is 2.75 bits per heavy atom. The molecule has 4 heteroatoms. The summed E-state index contributed by atoms with van der Waals surface area (Å²) in [5, 5.41) is 8.83. The number of nitrogens with two attached hydrogens (primary N) is 1. The van der Waals surface area contributed by atoms with Crippen LogP contribution < -0.4 is 10.6 Å². The molecule has 0 spiro atoms. The summed E-state index contributed by atoms with van der Waals surface area (Å²) >= 11 is 0.